The number of carbonyl (C=O) groups is 1. The molecule has 0 amide bonds. The number of fused-ring (bicyclic) bond motifs is 4. The number of aliphatic hydroxyl groups excluding tert-OH is 1. The molecule has 17 heavy (non-hydrogen) atoms. The first-order valence-electron chi connectivity index (χ1n) is 6.32. The van der Waals surface area contributed by atoms with Gasteiger partial charge in [0, 0.05) is 23.6 Å². The van der Waals surface area contributed by atoms with Crippen LogP contribution in [0.1, 0.15) is 19.8 Å². The predicted molar refractivity (Wildman–Crippen MR) is 62.3 cm³/mol. The van der Waals surface area contributed by atoms with Crippen molar-refractivity contribution in [3.63, 3.8) is 0 Å². The Morgan fingerprint density at radius 3 is 2.94 bits per heavy atom. The summed E-state index contributed by atoms with van der Waals surface area (Å²) in [4.78, 5) is 13.9. The lowest BCUT2D eigenvalue weighted by Gasteiger charge is -2.44. The zero-order chi connectivity index (χ0) is 12.2. The topological polar surface area (TPSA) is 49.8 Å². The third-order valence-corrected chi connectivity index (χ3v) is 4.78. The number of likely N-dealkylation sites (N-methyl/N-ethyl adjacent to an activating group) is 1. The fourth-order valence-electron chi connectivity index (χ4n) is 3.86. The minimum atomic E-state index is -0.246. The molecule has 3 heterocycles. The largest absolute Gasteiger partial charge is 0.500 e. The molecule has 2 fully saturated rings. The van der Waals surface area contributed by atoms with Crippen molar-refractivity contribution in [2.75, 3.05) is 13.7 Å². The summed E-state index contributed by atoms with van der Waals surface area (Å²) in [7, 11) is 2.08. The van der Waals surface area contributed by atoms with Gasteiger partial charge in [0.25, 0.3) is 0 Å². The normalized spacial score (nSPS) is 44.9. The average Bonchev–Trinajstić information content (AvgIpc) is 2.48. The molecule has 3 aliphatic rings. The molecule has 3 aliphatic heterocycles. The number of aliphatic hydroxyl groups is 1. The second-order valence-electron chi connectivity index (χ2n) is 5.57. The molecule has 0 aromatic rings. The summed E-state index contributed by atoms with van der Waals surface area (Å²) < 4.78 is 5.46. The van der Waals surface area contributed by atoms with Crippen LogP contribution in [0.15, 0.2) is 11.8 Å². The quantitative estimate of drug-likeness (QED) is 0.724. The number of nitrogens with zero attached hydrogens (tertiary/aromatic N) is 1. The van der Waals surface area contributed by atoms with Crippen LogP contribution < -0.4 is 0 Å². The van der Waals surface area contributed by atoms with E-state index in [4.69, 9.17) is 4.74 Å². The molecule has 0 spiro atoms. The predicted octanol–water partition coefficient (Wildman–Crippen LogP) is 0.559. The molecule has 0 unspecified atom stereocenters. The summed E-state index contributed by atoms with van der Waals surface area (Å²) in [5, 5.41) is 10.1. The molecule has 4 nitrogen and oxygen atoms in total. The summed E-state index contributed by atoms with van der Waals surface area (Å²) in [5.74, 6) is 0.750. The number of Topliss-reactive ketones (excluding diaryl/α,β-unsaturated/α-hetero) is 1. The molecular formula is C13H19NO3. The van der Waals surface area contributed by atoms with E-state index in [1.165, 1.54) is 0 Å². The molecule has 2 bridgehead atoms. The van der Waals surface area contributed by atoms with Crippen LogP contribution in [0, 0.1) is 11.8 Å². The number of rotatable bonds is 1. The summed E-state index contributed by atoms with van der Waals surface area (Å²) >= 11 is 0. The number of carbonyl (C=O) groups excluding carboxylic acids is 1. The molecule has 0 saturated carbocycles. The van der Waals surface area contributed by atoms with E-state index >= 15 is 0 Å². The van der Waals surface area contributed by atoms with Crippen molar-refractivity contribution in [2.24, 2.45) is 11.8 Å². The zero-order valence-corrected chi connectivity index (χ0v) is 10.3. The van der Waals surface area contributed by atoms with Gasteiger partial charge in [0.1, 0.15) is 0 Å². The van der Waals surface area contributed by atoms with Crippen molar-refractivity contribution < 1.29 is 14.6 Å². The Morgan fingerprint density at radius 2 is 2.24 bits per heavy atom. The van der Waals surface area contributed by atoms with Crippen LogP contribution in [-0.2, 0) is 9.53 Å². The Balaban J connectivity index is 1.93. The third-order valence-electron chi connectivity index (χ3n) is 4.78. The van der Waals surface area contributed by atoms with Gasteiger partial charge in [0.05, 0.1) is 19.0 Å². The summed E-state index contributed by atoms with van der Waals surface area (Å²) in [6.45, 7) is 2.28. The summed E-state index contributed by atoms with van der Waals surface area (Å²) in [6, 6.07) is 0.568. The Hall–Kier alpha value is -0.870. The van der Waals surface area contributed by atoms with E-state index < -0.39 is 0 Å². The second-order valence-corrected chi connectivity index (χ2v) is 5.57. The minimum absolute atomic E-state index is 0.109. The van der Waals surface area contributed by atoms with E-state index in [0.717, 1.165) is 18.4 Å². The maximum absolute atomic E-state index is 11.6. The fourth-order valence-corrected chi connectivity index (χ4v) is 3.86. The Bertz CT molecular complexity index is 379. The average molecular weight is 237 g/mol. The van der Waals surface area contributed by atoms with Crippen molar-refractivity contribution in [1.82, 2.24) is 4.90 Å². The molecule has 0 aromatic heterocycles. The molecular weight excluding hydrogens is 218 g/mol. The summed E-state index contributed by atoms with van der Waals surface area (Å²) in [5.41, 5.74) is 0.818. The van der Waals surface area contributed by atoms with Gasteiger partial charge in [0.2, 0.25) is 0 Å². The molecule has 4 heteroatoms. The monoisotopic (exact) mass is 237 g/mol. The second kappa shape index (κ2) is 3.82. The van der Waals surface area contributed by atoms with Gasteiger partial charge in [0.15, 0.2) is 5.78 Å². The fraction of sp³-hybridized carbons (Fsp3) is 0.769. The van der Waals surface area contributed by atoms with Crippen molar-refractivity contribution in [1.29, 1.82) is 0 Å². The number of allylic oxidation sites excluding steroid dienone is 1. The van der Waals surface area contributed by atoms with E-state index in [1.54, 1.807) is 13.2 Å². The van der Waals surface area contributed by atoms with E-state index in [1.807, 2.05) is 0 Å². The molecule has 1 N–H and O–H groups in total. The number of piperidine rings is 1. The van der Waals surface area contributed by atoms with Gasteiger partial charge in [-0.25, -0.2) is 0 Å². The highest BCUT2D eigenvalue weighted by molar-refractivity contribution is 5.93. The lowest BCUT2D eigenvalue weighted by atomic mass is 9.74. The van der Waals surface area contributed by atoms with Crippen LogP contribution in [-0.4, -0.2) is 47.6 Å². The highest BCUT2D eigenvalue weighted by Gasteiger charge is 2.52. The molecule has 0 aliphatic carbocycles. The minimum Gasteiger partial charge on any atom is -0.500 e. The van der Waals surface area contributed by atoms with E-state index in [-0.39, 0.29) is 23.8 Å². The van der Waals surface area contributed by atoms with Gasteiger partial charge in [-0.2, -0.15) is 0 Å². The van der Waals surface area contributed by atoms with Gasteiger partial charge in [-0.3, -0.25) is 9.69 Å². The van der Waals surface area contributed by atoms with E-state index in [0.29, 0.717) is 18.6 Å². The van der Waals surface area contributed by atoms with Crippen LogP contribution in [0.2, 0.25) is 0 Å². The highest BCUT2D eigenvalue weighted by Crippen LogP contribution is 2.46. The molecule has 94 valence electrons. The zero-order valence-electron chi connectivity index (χ0n) is 10.3. The molecule has 3 rings (SSSR count). The van der Waals surface area contributed by atoms with Gasteiger partial charge in [-0.05, 0) is 32.7 Å². The van der Waals surface area contributed by atoms with Crippen LogP contribution in [0.25, 0.3) is 0 Å². The Labute approximate surface area is 101 Å². The Kier molecular flexibility index (Phi) is 2.52. The van der Waals surface area contributed by atoms with Crippen LogP contribution in [0.5, 0.6) is 0 Å². The summed E-state index contributed by atoms with van der Waals surface area (Å²) in [6.07, 6.45) is 3.09. The molecule has 0 aromatic carbocycles. The lowest BCUT2D eigenvalue weighted by molar-refractivity contribution is -0.115. The third kappa shape index (κ3) is 1.54. The first-order chi connectivity index (χ1) is 8.09. The van der Waals surface area contributed by atoms with Crippen LogP contribution in [0.3, 0.4) is 0 Å². The van der Waals surface area contributed by atoms with Gasteiger partial charge in [-0.1, -0.05) is 0 Å². The molecule has 0 radical (unpaired) electrons. The van der Waals surface area contributed by atoms with Crippen molar-refractivity contribution in [2.45, 2.75) is 38.0 Å². The highest BCUT2D eigenvalue weighted by atomic mass is 16.5. The van der Waals surface area contributed by atoms with Gasteiger partial charge >= 0.3 is 0 Å². The van der Waals surface area contributed by atoms with Crippen molar-refractivity contribution in [3.05, 3.63) is 11.8 Å². The number of ether oxygens (including phenoxy) is 1. The van der Waals surface area contributed by atoms with Gasteiger partial charge < -0.3 is 9.84 Å². The number of ketones is 1. The number of hydrogen-bond acceptors (Lipinski definition) is 4. The Morgan fingerprint density at radius 1 is 1.47 bits per heavy atom. The van der Waals surface area contributed by atoms with Crippen LogP contribution >= 0.6 is 0 Å². The first kappa shape index (κ1) is 11.2. The molecule has 5 atom stereocenters. The van der Waals surface area contributed by atoms with E-state index in [9.17, 15) is 9.90 Å². The first-order valence-corrected chi connectivity index (χ1v) is 6.32. The molecule has 2 saturated heterocycles. The smallest absolute Gasteiger partial charge is 0.159 e. The van der Waals surface area contributed by atoms with E-state index in [2.05, 4.69) is 11.9 Å². The van der Waals surface area contributed by atoms with Crippen LogP contribution in [0.4, 0.5) is 0 Å². The maximum atomic E-state index is 11.6. The van der Waals surface area contributed by atoms with Gasteiger partial charge in [-0.15, -0.1) is 0 Å². The number of hydrogen-bond donors (Lipinski definition) is 1. The lowest BCUT2D eigenvalue weighted by Crippen LogP contribution is -2.51. The van der Waals surface area contributed by atoms with Crippen molar-refractivity contribution in [3.8, 4) is 0 Å². The maximum Gasteiger partial charge on any atom is 0.159 e. The standard InChI is InChI=1S/C13H19NO3/c1-7(15)9-5-17-6-10-8(9)3-12-13(16)4-11(10)14(12)2/h5,8,10-13,16H,3-4,6H2,1-2H3/t8-,10+,11+,12+,13+/m0/s1. The van der Waals surface area contributed by atoms with Crippen molar-refractivity contribution >= 4 is 5.78 Å². The SMILES string of the molecule is CC(=O)C1=COC[C@H]2[C@H]3C[C@@H](O)[C@@H](C[C@@H]12)N3C.